The maximum Gasteiger partial charge on any atom is 0.326 e. The number of unbranched alkanes of at least 4 members (excludes halogenated alkanes) is 1. The second kappa shape index (κ2) is 14.4. The minimum Gasteiger partial charge on any atom is -0.480 e. The van der Waals surface area contributed by atoms with Crippen LogP contribution in [0.2, 0.25) is 0 Å². The van der Waals surface area contributed by atoms with E-state index in [1.165, 1.54) is 4.90 Å². The second-order valence-corrected chi connectivity index (χ2v) is 13.0. The van der Waals surface area contributed by atoms with Crippen LogP contribution in [-0.4, -0.2) is 59.1 Å². The van der Waals surface area contributed by atoms with Crippen molar-refractivity contribution in [3.63, 3.8) is 0 Å². The van der Waals surface area contributed by atoms with E-state index in [0.29, 0.717) is 6.42 Å². The number of ether oxygens (including phenoxy) is 1. The average Bonchev–Trinajstić information content (AvgIpc) is 3.38. The van der Waals surface area contributed by atoms with E-state index in [1.807, 2.05) is 60.7 Å². The molecule has 9 heteroatoms. The number of aryl methyl sites for hydroxylation is 1. The Morgan fingerprint density at radius 1 is 1.03 bits per heavy atom. The van der Waals surface area contributed by atoms with Gasteiger partial charge in [0.2, 0.25) is 19.6 Å². The van der Waals surface area contributed by atoms with Gasteiger partial charge in [-0.1, -0.05) is 81.4 Å². The molecule has 0 bridgehead atoms. The number of carboxylic acid groups (broad SMARTS) is 1. The fourth-order valence-electron chi connectivity index (χ4n) is 4.79. The van der Waals surface area contributed by atoms with Crippen molar-refractivity contribution in [2.45, 2.75) is 71.1 Å². The Morgan fingerprint density at radius 3 is 2.26 bits per heavy atom. The predicted molar refractivity (Wildman–Crippen MR) is 150 cm³/mol. The zero-order valence-electron chi connectivity index (χ0n) is 23.0. The van der Waals surface area contributed by atoms with E-state index in [2.05, 4.69) is 0 Å². The summed E-state index contributed by atoms with van der Waals surface area (Å²) < 4.78 is 25.6. The van der Waals surface area contributed by atoms with Gasteiger partial charge >= 0.3 is 11.9 Å². The number of benzene rings is 2. The first-order valence-electron chi connectivity index (χ1n) is 13.7. The minimum absolute atomic E-state index is 0.128. The lowest BCUT2D eigenvalue weighted by atomic mass is 9.96. The van der Waals surface area contributed by atoms with Gasteiger partial charge in [0.1, 0.15) is 12.2 Å². The van der Waals surface area contributed by atoms with Crippen molar-refractivity contribution in [3.8, 4) is 0 Å². The van der Waals surface area contributed by atoms with Gasteiger partial charge in [0.05, 0.1) is 0 Å². The summed E-state index contributed by atoms with van der Waals surface area (Å²) in [6.45, 7) is 5.47. The predicted octanol–water partition coefficient (Wildman–Crippen LogP) is 5.71. The summed E-state index contributed by atoms with van der Waals surface area (Å²) in [5, 5.41) is 9.87. The van der Waals surface area contributed by atoms with Crippen LogP contribution < -0.4 is 0 Å². The Bertz CT molecular complexity index is 1140. The Balaban J connectivity index is 1.76. The third-order valence-corrected chi connectivity index (χ3v) is 9.33. The molecule has 2 aromatic rings. The van der Waals surface area contributed by atoms with E-state index >= 15 is 0 Å². The molecule has 1 fully saturated rings. The highest BCUT2D eigenvalue weighted by atomic mass is 31.2. The largest absolute Gasteiger partial charge is 0.480 e. The molecular formula is C30H40NO7P. The Morgan fingerprint density at radius 2 is 1.67 bits per heavy atom. The van der Waals surface area contributed by atoms with Crippen molar-refractivity contribution in [1.82, 2.24) is 4.90 Å². The number of carbonyl (C=O) groups is 3. The molecule has 1 heterocycles. The molecule has 0 aromatic heterocycles. The van der Waals surface area contributed by atoms with Crippen molar-refractivity contribution >= 4 is 25.2 Å². The summed E-state index contributed by atoms with van der Waals surface area (Å²) in [5.74, 6) is -2.49. The SMILES string of the molecule is CCC(=O)O[C@@H](O[P@](=O)(CCCCc1ccccc1)CC(=O)N1C[C@H](c2ccccc2)C[C@H]1C(=O)O)C(C)C. The fraction of sp³-hybridized carbons (Fsp3) is 0.500. The molecule has 4 atom stereocenters. The number of aliphatic carboxylic acids is 1. The number of hydrogen-bond donors (Lipinski definition) is 1. The van der Waals surface area contributed by atoms with Gasteiger partial charge in [-0.3, -0.25) is 18.7 Å². The van der Waals surface area contributed by atoms with Crippen LogP contribution in [0.3, 0.4) is 0 Å². The third-order valence-electron chi connectivity index (χ3n) is 6.99. The first-order chi connectivity index (χ1) is 18.6. The molecule has 1 aliphatic rings. The van der Waals surface area contributed by atoms with Gasteiger partial charge in [-0.25, -0.2) is 4.79 Å². The van der Waals surface area contributed by atoms with Gasteiger partial charge in [0, 0.05) is 31.0 Å². The van der Waals surface area contributed by atoms with Crippen molar-refractivity contribution in [3.05, 3.63) is 71.8 Å². The van der Waals surface area contributed by atoms with Crippen LogP contribution in [-0.2, 0) is 34.6 Å². The number of likely N-dealkylation sites (tertiary alicyclic amines) is 1. The quantitative estimate of drug-likeness (QED) is 0.137. The normalized spacial score (nSPS) is 19.4. The summed E-state index contributed by atoms with van der Waals surface area (Å²) in [6, 6.07) is 18.4. The van der Waals surface area contributed by atoms with Crippen LogP contribution in [0, 0.1) is 5.92 Å². The summed E-state index contributed by atoms with van der Waals surface area (Å²) in [4.78, 5) is 39.0. The summed E-state index contributed by atoms with van der Waals surface area (Å²) in [5.41, 5.74) is 2.13. The van der Waals surface area contributed by atoms with Gasteiger partial charge in [-0.05, 0) is 36.8 Å². The molecule has 39 heavy (non-hydrogen) atoms. The maximum atomic E-state index is 14.2. The molecule has 1 aliphatic heterocycles. The summed E-state index contributed by atoms with van der Waals surface area (Å²) >= 11 is 0. The maximum absolute atomic E-state index is 14.2. The molecule has 1 saturated heterocycles. The van der Waals surface area contributed by atoms with Crippen molar-refractivity contribution in [2.24, 2.45) is 5.92 Å². The summed E-state index contributed by atoms with van der Waals surface area (Å²) in [6.07, 6.45) is 1.14. The molecule has 0 radical (unpaired) electrons. The van der Waals surface area contributed by atoms with Crippen LogP contribution in [0.25, 0.3) is 0 Å². The number of amides is 1. The second-order valence-electron chi connectivity index (χ2n) is 10.4. The first-order valence-corrected chi connectivity index (χ1v) is 15.7. The van der Waals surface area contributed by atoms with Crippen molar-refractivity contribution in [2.75, 3.05) is 18.9 Å². The molecule has 2 aromatic carbocycles. The zero-order valence-corrected chi connectivity index (χ0v) is 23.9. The standard InChI is InChI=1S/C30H40NO7P/c1-4-28(33)37-30(22(2)3)38-39(36,18-12-11-15-23-13-7-5-8-14-23)21-27(32)31-20-25(19-26(31)29(34)35)24-16-9-6-10-17-24/h5-10,13-14,16-17,22,25-26,30H,4,11-12,15,18-21H2,1-3H3,(H,34,35)/t25-,26+,30+,39-/m1/s1. The molecule has 0 spiro atoms. The Labute approximate surface area is 231 Å². The van der Waals surface area contributed by atoms with E-state index in [4.69, 9.17) is 9.26 Å². The monoisotopic (exact) mass is 557 g/mol. The molecule has 1 amide bonds. The van der Waals surface area contributed by atoms with Crippen molar-refractivity contribution in [1.29, 1.82) is 0 Å². The number of carboxylic acids is 1. The molecule has 8 nitrogen and oxygen atoms in total. The molecular weight excluding hydrogens is 517 g/mol. The highest BCUT2D eigenvalue weighted by Crippen LogP contribution is 2.51. The lowest BCUT2D eigenvalue weighted by Gasteiger charge is -2.29. The van der Waals surface area contributed by atoms with Gasteiger partial charge in [-0.15, -0.1) is 0 Å². The van der Waals surface area contributed by atoms with E-state index < -0.39 is 43.7 Å². The number of nitrogens with zero attached hydrogens (tertiary/aromatic N) is 1. The van der Waals surface area contributed by atoms with E-state index in [0.717, 1.165) is 24.0 Å². The van der Waals surface area contributed by atoms with Gasteiger partial charge in [-0.2, -0.15) is 0 Å². The van der Waals surface area contributed by atoms with Gasteiger partial charge in [0.15, 0.2) is 0 Å². The van der Waals surface area contributed by atoms with Crippen LogP contribution >= 0.6 is 7.37 Å². The van der Waals surface area contributed by atoms with E-state index in [-0.39, 0.29) is 37.4 Å². The zero-order chi connectivity index (χ0) is 28.4. The molecule has 3 rings (SSSR count). The highest BCUT2D eigenvalue weighted by Gasteiger charge is 2.43. The molecule has 0 saturated carbocycles. The van der Waals surface area contributed by atoms with Crippen LogP contribution in [0.15, 0.2) is 60.7 Å². The fourth-order valence-corrected chi connectivity index (χ4v) is 7.09. The van der Waals surface area contributed by atoms with E-state index in [9.17, 15) is 24.1 Å². The molecule has 1 N–H and O–H groups in total. The first kappa shape index (κ1) is 30.6. The Hall–Kier alpha value is -2.96. The number of carbonyl (C=O) groups excluding carboxylic acids is 2. The van der Waals surface area contributed by atoms with Gasteiger partial charge < -0.3 is 14.7 Å². The van der Waals surface area contributed by atoms with Crippen LogP contribution in [0.5, 0.6) is 0 Å². The van der Waals surface area contributed by atoms with Crippen LogP contribution in [0.4, 0.5) is 0 Å². The number of rotatable bonds is 14. The number of esters is 1. The molecule has 0 unspecified atom stereocenters. The minimum atomic E-state index is -3.64. The van der Waals surface area contributed by atoms with E-state index in [1.54, 1.807) is 20.8 Å². The molecule has 212 valence electrons. The van der Waals surface area contributed by atoms with Crippen molar-refractivity contribution < 1.29 is 33.3 Å². The topological polar surface area (TPSA) is 110 Å². The highest BCUT2D eigenvalue weighted by molar-refractivity contribution is 7.59. The lowest BCUT2D eigenvalue weighted by molar-refractivity contribution is -0.169. The Kier molecular flexibility index (Phi) is 11.3. The van der Waals surface area contributed by atoms with Crippen LogP contribution in [0.1, 0.15) is 63.5 Å². The summed E-state index contributed by atoms with van der Waals surface area (Å²) in [7, 11) is -3.64. The smallest absolute Gasteiger partial charge is 0.326 e. The lowest BCUT2D eigenvalue weighted by Crippen LogP contribution is -2.42. The number of hydrogen-bond acceptors (Lipinski definition) is 6. The third kappa shape index (κ3) is 9.04. The average molecular weight is 558 g/mol. The molecule has 0 aliphatic carbocycles. The van der Waals surface area contributed by atoms with Gasteiger partial charge in [0.25, 0.3) is 0 Å².